The molecule has 0 bridgehead atoms. The van der Waals surface area contributed by atoms with Crippen molar-refractivity contribution in [2.45, 2.75) is 13.5 Å². The van der Waals surface area contributed by atoms with Gasteiger partial charge in [0.25, 0.3) is 0 Å². The quantitative estimate of drug-likeness (QED) is 0.575. The number of nitrogens with one attached hydrogen (secondary N) is 3. The molecule has 0 aromatic heterocycles. The molecule has 0 heterocycles. The minimum atomic E-state index is -0.390. The predicted octanol–water partition coefficient (Wildman–Crippen LogP) is 3.00. The van der Waals surface area contributed by atoms with E-state index in [-0.39, 0.29) is 5.91 Å². The molecule has 3 N–H and O–H groups in total. The van der Waals surface area contributed by atoms with Gasteiger partial charge < -0.3 is 30.2 Å². The molecule has 0 saturated carbocycles. The highest BCUT2D eigenvalue weighted by molar-refractivity contribution is 5.94. The first-order chi connectivity index (χ1) is 13.5. The zero-order valence-corrected chi connectivity index (χ0v) is 16.2. The average Bonchev–Trinajstić information content (AvgIpc) is 2.67. The molecule has 2 aromatic carbocycles. The number of hydrogen-bond donors (Lipinski definition) is 3. The summed E-state index contributed by atoms with van der Waals surface area (Å²) < 4.78 is 15.7. The minimum absolute atomic E-state index is 0.199. The van der Waals surface area contributed by atoms with E-state index in [1.807, 2.05) is 24.3 Å². The maximum Gasteiger partial charge on any atom is 0.319 e. The highest BCUT2D eigenvalue weighted by Crippen LogP contribution is 2.27. The maximum atomic E-state index is 12.2. The normalized spacial score (nSPS) is 10.1. The van der Waals surface area contributed by atoms with Crippen molar-refractivity contribution >= 4 is 23.3 Å². The van der Waals surface area contributed by atoms with E-state index in [4.69, 9.17) is 14.2 Å². The summed E-state index contributed by atoms with van der Waals surface area (Å²) in [6.07, 6.45) is 0. The number of methoxy groups -OCH3 is 2. The van der Waals surface area contributed by atoms with E-state index in [1.165, 1.54) is 14.0 Å². The van der Waals surface area contributed by atoms with Gasteiger partial charge in [-0.05, 0) is 35.9 Å². The third-order valence-corrected chi connectivity index (χ3v) is 3.70. The molecular formula is C20H25N3O5. The lowest BCUT2D eigenvalue weighted by Gasteiger charge is -2.13. The van der Waals surface area contributed by atoms with Crippen LogP contribution in [-0.2, 0) is 16.1 Å². The molecule has 0 saturated heterocycles. The van der Waals surface area contributed by atoms with Crippen LogP contribution in [0.15, 0.2) is 42.5 Å². The lowest BCUT2D eigenvalue weighted by atomic mass is 10.2. The minimum Gasteiger partial charge on any atom is -0.495 e. The molecule has 0 unspecified atom stereocenters. The molecule has 2 rings (SSSR count). The molecule has 0 aliphatic carbocycles. The lowest BCUT2D eigenvalue weighted by Crippen LogP contribution is -2.28. The Labute approximate surface area is 164 Å². The molecule has 0 aliphatic rings. The molecule has 150 valence electrons. The monoisotopic (exact) mass is 387 g/mol. The first kappa shape index (κ1) is 21.0. The number of amides is 3. The molecule has 2 aromatic rings. The van der Waals surface area contributed by atoms with E-state index < -0.39 is 6.03 Å². The summed E-state index contributed by atoms with van der Waals surface area (Å²) in [4.78, 5) is 23.4. The Morgan fingerprint density at radius 2 is 1.71 bits per heavy atom. The second-order valence-electron chi connectivity index (χ2n) is 5.89. The summed E-state index contributed by atoms with van der Waals surface area (Å²) in [5, 5.41) is 8.17. The van der Waals surface area contributed by atoms with Crippen molar-refractivity contribution in [3.05, 3.63) is 48.0 Å². The summed E-state index contributed by atoms with van der Waals surface area (Å²) in [6, 6.07) is 12.0. The maximum absolute atomic E-state index is 12.2. The van der Waals surface area contributed by atoms with Crippen molar-refractivity contribution in [2.75, 3.05) is 38.1 Å². The molecule has 3 amide bonds. The number of carbonyl (C=O) groups is 2. The van der Waals surface area contributed by atoms with Gasteiger partial charge in [-0.15, -0.1) is 0 Å². The molecule has 0 spiro atoms. The van der Waals surface area contributed by atoms with Gasteiger partial charge in [-0.25, -0.2) is 4.79 Å². The highest BCUT2D eigenvalue weighted by Gasteiger charge is 2.09. The molecule has 8 heteroatoms. The standard InChI is InChI=1S/C20H25N3O5/c1-14(24)22-16-6-9-19(27-3)18(12-16)23-20(25)21-13-15-4-7-17(8-5-15)28-11-10-26-2/h4-9,12H,10-11,13H2,1-3H3,(H,22,24)(H2,21,23,25). The van der Waals surface area contributed by atoms with Crippen LogP contribution in [0.3, 0.4) is 0 Å². The molecular weight excluding hydrogens is 362 g/mol. The SMILES string of the molecule is COCCOc1ccc(CNC(=O)Nc2cc(NC(C)=O)ccc2OC)cc1. The third-order valence-electron chi connectivity index (χ3n) is 3.70. The van der Waals surface area contributed by atoms with Crippen LogP contribution in [0.5, 0.6) is 11.5 Å². The summed E-state index contributed by atoms with van der Waals surface area (Å²) in [5.41, 5.74) is 1.94. The van der Waals surface area contributed by atoms with Crippen molar-refractivity contribution in [3.63, 3.8) is 0 Å². The fraction of sp³-hybridized carbons (Fsp3) is 0.300. The predicted molar refractivity (Wildman–Crippen MR) is 107 cm³/mol. The number of carbonyl (C=O) groups excluding carboxylic acids is 2. The second kappa shape index (κ2) is 10.8. The van der Waals surface area contributed by atoms with Crippen molar-refractivity contribution < 1.29 is 23.8 Å². The van der Waals surface area contributed by atoms with Crippen LogP contribution >= 0.6 is 0 Å². The Morgan fingerprint density at radius 3 is 2.36 bits per heavy atom. The van der Waals surface area contributed by atoms with Gasteiger partial charge in [0.1, 0.15) is 18.1 Å². The van der Waals surface area contributed by atoms with Crippen molar-refractivity contribution in [3.8, 4) is 11.5 Å². The van der Waals surface area contributed by atoms with Gasteiger partial charge in [-0.1, -0.05) is 12.1 Å². The number of ether oxygens (including phenoxy) is 3. The molecule has 0 radical (unpaired) electrons. The van der Waals surface area contributed by atoms with Crippen LogP contribution in [0.4, 0.5) is 16.2 Å². The van der Waals surface area contributed by atoms with Gasteiger partial charge in [0.2, 0.25) is 5.91 Å². The Hall–Kier alpha value is -3.26. The first-order valence-electron chi connectivity index (χ1n) is 8.73. The van der Waals surface area contributed by atoms with Gasteiger partial charge in [0.05, 0.1) is 19.4 Å². The number of benzene rings is 2. The van der Waals surface area contributed by atoms with Crippen LogP contribution in [0.25, 0.3) is 0 Å². The molecule has 0 fully saturated rings. The number of anilines is 2. The Balaban J connectivity index is 1.90. The van der Waals surface area contributed by atoms with Crippen LogP contribution in [0.1, 0.15) is 12.5 Å². The second-order valence-corrected chi connectivity index (χ2v) is 5.89. The largest absolute Gasteiger partial charge is 0.495 e. The molecule has 0 atom stereocenters. The number of rotatable bonds is 9. The van der Waals surface area contributed by atoms with Crippen LogP contribution in [0, 0.1) is 0 Å². The van der Waals surface area contributed by atoms with Crippen LogP contribution < -0.4 is 25.4 Å². The summed E-state index contributed by atoms with van der Waals surface area (Å²) >= 11 is 0. The van der Waals surface area contributed by atoms with E-state index in [2.05, 4.69) is 16.0 Å². The van der Waals surface area contributed by atoms with E-state index >= 15 is 0 Å². The fourth-order valence-corrected chi connectivity index (χ4v) is 2.38. The average molecular weight is 387 g/mol. The van der Waals surface area contributed by atoms with Gasteiger partial charge in [0.15, 0.2) is 0 Å². The van der Waals surface area contributed by atoms with Gasteiger partial charge in [-0.3, -0.25) is 4.79 Å². The van der Waals surface area contributed by atoms with E-state index in [0.29, 0.717) is 36.9 Å². The van der Waals surface area contributed by atoms with Crippen molar-refractivity contribution in [2.24, 2.45) is 0 Å². The van der Waals surface area contributed by atoms with Gasteiger partial charge >= 0.3 is 6.03 Å². The van der Waals surface area contributed by atoms with Gasteiger partial charge in [0, 0.05) is 26.3 Å². The highest BCUT2D eigenvalue weighted by atomic mass is 16.5. The summed E-state index contributed by atoms with van der Waals surface area (Å²) in [5.74, 6) is 1.03. The summed E-state index contributed by atoms with van der Waals surface area (Å²) in [7, 11) is 3.13. The zero-order valence-electron chi connectivity index (χ0n) is 16.2. The molecule has 28 heavy (non-hydrogen) atoms. The smallest absolute Gasteiger partial charge is 0.319 e. The van der Waals surface area contributed by atoms with Gasteiger partial charge in [-0.2, -0.15) is 0 Å². The summed E-state index contributed by atoms with van der Waals surface area (Å²) in [6.45, 7) is 2.77. The first-order valence-corrected chi connectivity index (χ1v) is 8.73. The van der Waals surface area contributed by atoms with E-state index in [9.17, 15) is 9.59 Å². The number of urea groups is 1. The van der Waals surface area contributed by atoms with Crippen molar-refractivity contribution in [1.29, 1.82) is 0 Å². The lowest BCUT2D eigenvalue weighted by molar-refractivity contribution is -0.114. The van der Waals surface area contributed by atoms with E-state index in [1.54, 1.807) is 25.3 Å². The molecule has 8 nitrogen and oxygen atoms in total. The zero-order chi connectivity index (χ0) is 20.4. The Bertz CT molecular complexity index is 793. The topological polar surface area (TPSA) is 97.9 Å². The number of hydrogen-bond acceptors (Lipinski definition) is 5. The third kappa shape index (κ3) is 6.81. The Morgan fingerprint density at radius 1 is 0.964 bits per heavy atom. The van der Waals surface area contributed by atoms with E-state index in [0.717, 1.165) is 11.3 Å². The fourth-order valence-electron chi connectivity index (χ4n) is 2.38. The van der Waals surface area contributed by atoms with Crippen LogP contribution in [-0.4, -0.2) is 39.4 Å². The van der Waals surface area contributed by atoms with Crippen molar-refractivity contribution in [1.82, 2.24) is 5.32 Å². The van der Waals surface area contributed by atoms with Crippen LogP contribution in [0.2, 0.25) is 0 Å². The molecule has 0 aliphatic heterocycles. The Kier molecular flexibility index (Phi) is 8.11.